The van der Waals surface area contributed by atoms with Gasteiger partial charge in [-0.15, -0.1) is 10.2 Å². The van der Waals surface area contributed by atoms with Crippen molar-refractivity contribution in [3.8, 4) is 0 Å². The number of rotatable bonds is 9. The van der Waals surface area contributed by atoms with Crippen molar-refractivity contribution >= 4 is 23.6 Å². The first-order chi connectivity index (χ1) is 16.7. The number of benzene rings is 2. The van der Waals surface area contributed by atoms with E-state index in [-0.39, 0.29) is 11.2 Å². The zero-order chi connectivity index (χ0) is 23.3. The summed E-state index contributed by atoms with van der Waals surface area (Å²) in [5.41, 5.74) is 2.27. The maximum Gasteiger partial charge on any atom is 0.236 e. The van der Waals surface area contributed by atoms with Crippen molar-refractivity contribution < 1.29 is 4.79 Å². The van der Waals surface area contributed by atoms with E-state index in [2.05, 4.69) is 43.9 Å². The Balaban J connectivity index is 1.34. The van der Waals surface area contributed by atoms with E-state index < -0.39 is 0 Å². The highest BCUT2D eigenvalue weighted by atomic mass is 32.2. The van der Waals surface area contributed by atoms with Gasteiger partial charge in [0.05, 0.1) is 5.25 Å². The molecule has 1 aliphatic carbocycles. The minimum Gasteiger partial charge on any atom is -0.341 e. The molecule has 1 aliphatic heterocycles. The number of piperidine rings is 1. The Morgan fingerprint density at radius 3 is 2.09 bits per heavy atom. The second-order valence-corrected chi connectivity index (χ2v) is 10.7. The van der Waals surface area contributed by atoms with Crippen LogP contribution in [0.15, 0.2) is 65.8 Å². The highest BCUT2D eigenvalue weighted by Crippen LogP contribution is 2.42. The number of amides is 1. The first-order valence-electron chi connectivity index (χ1n) is 12.4. The molecule has 3 aromatic rings. The van der Waals surface area contributed by atoms with E-state index in [9.17, 15) is 4.79 Å². The minimum atomic E-state index is -0.247. The van der Waals surface area contributed by atoms with Crippen molar-refractivity contribution in [1.82, 2.24) is 19.7 Å². The van der Waals surface area contributed by atoms with Crippen LogP contribution in [-0.2, 0) is 17.9 Å². The van der Waals surface area contributed by atoms with Gasteiger partial charge in [-0.25, -0.2) is 0 Å². The molecule has 2 heterocycles. The summed E-state index contributed by atoms with van der Waals surface area (Å²) in [5, 5.41) is 9.78. The minimum absolute atomic E-state index is 0.127. The molecule has 0 spiro atoms. The summed E-state index contributed by atoms with van der Waals surface area (Å²) in [6, 6.07) is 20.9. The van der Waals surface area contributed by atoms with Gasteiger partial charge in [0, 0.05) is 32.2 Å². The lowest BCUT2D eigenvalue weighted by Gasteiger charge is -2.28. The number of hydrogen-bond donors (Lipinski definition) is 0. The predicted octanol–water partition coefficient (Wildman–Crippen LogP) is 5.31. The molecule has 1 saturated heterocycles. The first-order valence-corrected chi connectivity index (χ1v) is 13.3. The van der Waals surface area contributed by atoms with Crippen LogP contribution >= 0.6 is 11.8 Å². The fraction of sp³-hybridized carbons (Fsp3) is 0.444. The van der Waals surface area contributed by atoms with Crippen LogP contribution in [0.3, 0.4) is 0 Å². The molecule has 1 aromatic heterocycles. The van der Waals surface area contributed by atoms with Crippen LogP contribution in [0.4, 0.5) is 5.95 Å². The standard InChI is InChI=1S/C27H33N5OS/c1-21(34-27-29-28-26(32(27)24-15-16-24)30-17-9-4-10-18-30)25(33)31(19-22-11-5-2-6-12-22)20-23-13-7-3-8-14-23/h2-3,5-8,11-14,21,24H,4,9-10,15-20H2,1H3. The van der Waals surface area contributed by atoms with Gasteiger partial charge in [0.15, 0.2) is 5.16 Å². The fourth-order valence-electron chi connectivity index (χ4n) is 4.60. The molecule has 2 aromatic carbocycles. The number of carbonyl (C=O) groups is 1. The van der Waals surface area contributed by atoms with Crippen LogP contribution in [0.2, 0.25) is 0 Å². The van der Waals surface area contributed by atoms with E-state index in [0.717, 1.165) is 35.3 Å². The average molecular weight is 476 g/mol. The number of carbonyl (C=O) groups excluding carboxylic acids is 1. The molecule has 7 heteroatoms. The van der Waals surface area contributed by atoms with Crippen LogP contribution in [0.25, 0.3) is 0 Å². The lowest BCUT2D eigenvalue weighted by Crippen LogP contribution is -2.36. The van der Waals surface area contributed by atoms with Crippen molar-refractivity contribution in [2.75, 3.05) is 18.0 Å². The Morgan fingerprint density at radius 1 is 0.941 bits per heavy atom. The maximum atomic E-state index is 13.7. The van der Waals surface area contributed by atoms with E-state index in [4.69, 9.17) is 0 Å². The second kappa shape index (κ2) is 10.6. The van der Waals surface area contributed by atoms with Gasteiger partial charge in [-0.2, -0.15) is 0 Å². The Bertz CT molecular complexity index is 1040. The van der Waals surface area contributed by atoms with Crippen molar-refractivity contribution in [3.05, 3.63) is 71.8 Å². The molecule has 1 saturated carbocycles. The molecule has 0 bridgehead atoms. The number of hydrogen-bond acceptors (Lipinski definition) is 5. The number of aromatic nitrogens is 3. The first kappa shape index (κ1) is 23.0. The normalized spacial score (nSPS) is 16.9. The van der Waals surface area contributed by atoms with Crippen LogP contribution in [0.1, 0.15) is 56.2 Å². The lowest BCUT2D eigenvalue weighted by molar-refractivity contribution is -0.131. The van der Waals surface area contributed by atoms with Gasteiger partial charge in [0.25, 0.3) is 0 Å². The Morgan fingerprint density at radius 2 is 1.53 bits per heavy atom. The van der Waals surface area contributed by atoms with Gasteiger partial charge in [-0.3, -0.25) is 9.36 Å². The van der Waals surface area contributed by atoms with Gasteiger partial charge < -0.3 is 9.80 Å². The third kappa shape index (κ3) is 5.46. The van der Waals surface area contributed by atoms with Crippen molar-refractivity contribution in [3.63, 3.8) is 0 Å². The quantitative estimate of drug-likeness (QED) is 0.393. The lowest BCUT2D eigenvalue weighted by atomic mass is 10.1. The van der Waals surface area contributed by atoms with Gasteiger partial charge >= 0.3 is 0 Å². The monoisotopic (exact) mass is 475 g/mol. The van der Waals surface area contributed by atoms with E-state index in [1.165, 1.54) is 32.1 Å². The molecule has 1 atom stereocenters. The van der Waals surface area contributed by atoms with Gasteiger partial charge in [-0.05, 0) is 50.2 Å². The molecule has 1 unspecified atom stereocenters. The molecule has 5 rings (SSSR count). The molecule has 2 aliphatic rings. The third-order valence-corrected chi connectivity index (χ3v) is 7.62. The Labute approximate surface area is 206 Å². The highest BCUT2D eigenvalue weighted by molar-refractivity contribution is 8.00. The molecule has 2 fully saturated rings. The topological polar surface area (TPSA) is 54.3 Å². The smallest absolute Gasteiger partial charge is 0.236 e. The average Bonchev–Trinajstić information content (AvgIpc) is 3.64. The molecule has 1 amide bonds. The largest absolute Gasteiger partial charge is 0.341 e. The van der Waals surface area contributed by atoms with Crippen molar-refractivity contribution in [2.45, 2.75) is 68.6 Å². The SMILES string of the molecule is CC(Sc1nnc(N2CCCCC2)n1C1CC1)C(=O)N(Cc1ccccc1)Cc1ccccc1. The van der Waals surface area contributed by atoms with E-state index in [1.807, 2.05) is 48.2 Å². The molecule has 6 nitrogen and oxygen atoms in total. The third-order valence-electron chi connectivity index (χ3n) is 6.57. The summed E-state index contributed by atoms with van der Waals surface area (Å²) in [5.74, 6) is 1.12. The van der Waals surface area contributed by atoms with Crippen molar-refractivity contribution in [1.29, 1.82) is 0 Å². The molecular weight excluding hydrogens is 442 g/mol. The number of nitrogens with zero attached hydrogens (tertiary/aromatic N) is 5. The zero-order valence-corrected chi connectivity index (χ0v) is 20.7. The summed E-state index contributed by atoms with van der Waals surface area (Å²) in [4.78, 5) is 18.0. The maximum absolute atomic E-state index is 13.7. The summed E-state index contributed by atoms with van der Waals surface area (Å²) in [6.07, 6.45) is 6.05. The summed E-state index contributed by atoms with van der Waals surface area (Å²) >= 11 is 1.55. The summed E-state index contributed by atoms with van der Waals surface area (Å²) in [7, 11) is 0. The van der Waals surface area contributed by atoms with Gasteiger partial charge in [-0.1, -0.05) is 72.4 Å². The molecule has 34 heavy (non-hydrogen) atoms. The Kier molecular flexibility index (Phi) is 7.19. The molecule has 0 radical (unpaired) electrons. The van der Waals surface area contributed by atoms with Crippen LogP contribution in [-0.4, -0.2) is 43.9 Å². The molecule has 178 valence electrons. The van der Waals surface area contributed by atoms with Crippen LogP contribution < -0.4 is 4.90 Å². The Hall–Kier alpha value is -2.80. The summed E-state index contributed by atoms with van der Waals surface area (Å²) in [6.45, 7) is 5.28. The van der Waals surface area contributed by atoms with Gasteiger partial charge in [0.1, 0.15) is 0 Å². The predicted molar refractivity (Wildman–Crippen MR) is 137 cm³/mol. The fourth-order valence-corrected chi connectivity index (χ4v) is 5.59. The van der Waals surface area contributed by atoms with E-state index >= 15 is 0 Å². The summed E-state index contributed by atoms with van der Waals surface area (Å²) < 4.78 is 2.30. The molecular formula is C27H33N5OS. The number of anilines is 1. The van der Waals surface area contributed by atoms with Crippen molar-refractivity contribution in [2.24, 2.45) is 0 Å². The second-order valence-electron chi connectivity index (χ2n) is 9.36. The van der Waals surface area contributed by atoms with Gasteiger partial charge in [0.2, 0.25) is 11.9 Å². The number of thioether (sulfide) groups is 1. The van der Waals surface area contributed by atoms with Crippen LogP contribution in [0, 0.1) is 0 Å². The highest BCUT2D eigenvalue weighted by Gasteiger charge is 2.33. The zero-order valence-electron chi connectivity index (χ0n) is 19.8. The van der Waals surface area contributed by atoms with E-state index in [0.29, 0.717) is 19.1 Å². The van der Waals surface area contributed by atoms with Crippen LogP contribution in [0.5, 0.6) is 0 Å². The van der Waals surface area contributed by atoms with E-state index in [1.54, 1.807) is 11.8 Å². The molecule has 0 N–H and O–H groups in total.